The molecular weight excluding hydrogens is 496 g/mol. The van der Waals surface area contributed by atoms with E-state index in [1.807, 2.05) is 0 Å². The summed E-state index contributed by atoms with van der Waals surface area (Å²) >= 11 is 0. The van der Waals surface area contributed by atoms with E-state index in [2.05, 4.69) is 79.8 Å². The molecule has 226 valence electrons. The summed E-state index contributed by atoms with van der Waals surface area (Å²) in [6, 6.07) is 0. The highest BCUT2D eigenvalue weighted by molar-refractivity contribution is 5.67. The van der Waals surface area contributed by atoms with Gasteiger partial charge in [0.05, 0.1) is 0 Å². The zero-order chi connectivity index (χ0) is 29.4. The van der Waals surface area contributed by atoms with Crippen molar-refractivity contribution >= 4 is 11.9 Å². The topological polar surface area (TPSA) is 74.6 Å². The minimum absolute atomic E-state index is 0.264. The molecule has 0 aromatic heterocycles. The fourth-order valence-corrected chi connectivity index (χ4v) is 4.41. The molecule has 0 aromatic rings. The minimum Gasteiger partial charge on any atom is -0.481 e. The number of hydrogen-bond donors (Lipinski definition) is 2. The Hall–Kier alpha value is -2.62. The maximum absolute atomic E-state index is 11.3. The van der Waals surface area contributed by atoms with E-state index < -0.39 is 11.9 Å². The molecule has 4 nitrogen and oxygen atoms in total. The number of rotatable bonds is 28. The maximum atomic E-state index is 11.3. The highest BCUT2D eigenvalue weighted by Crippen LogP contribution is 2.20. The lowest BCUT2D eigenvalue weighted by Gasteiger charge is -2.13. The van der Waals surface area contributed by atoms with E-state index >= 15 is 0 Å². The van der Waals surface area contributed by atoms with Crippen LogP contribution in [0.4, 0.5) is 0 Å². The average molecular weight is 555 g/mol. The van der Waals surface area contributed by atoms with Crippen molar-refractivity contribution in [2.75, 3.05) is 0 Å². The number of aliphatic carboxylic acids is 2. The second-order valence-corrected chi connectivity index (χ2v) is 10.6. The second kappa shape index (κ2) is 30.9. The van der Waals surface area contributed by atoms with Crippen LogP contribution in [0.2, 0.25) is 0 Å². The fraction of sp³-hybridized carbons (Fsp3) is 0.611. The Balaban J connectivity index is 3.83. The molecule has 0 aliphatic carbocycles. The first-order valence-corrected chi connectivity index (χ1v) is 15.9. The number of carboxylic acid groups (broad SMARTS) is 2. The maximum Gasteiger partial charge on any atom is 0.303 e. The Morgan fingerprint density at radius 1 is 0.500 bits per heavy atom. The van der Waals surface area contributed by atoms with Crippen LogP contribution in [0.15, 0.2) is 72.9 Å². The molecule has 0 radical (unpaired) electrons. The van der Waals surface area contributed by atoms with Crippen molar-refractivity contribution in [1.29, 1.82) is 0 Å². The van der Waals surface area contributed by atoms with E-state index in [0.29, 0.717) is 0 Å². The van der Waals surface area contributed by atoms with Crippen LogP contribution in [-0.2, 0) is 9.59 Å². The van der Waals surface area contributed by atoms with Crippen molar-refractivity contribution < 1.29 is 19.8 Å². The van der Waals surface area contributed by atoms with E-state index in [9.17, 15) is 14.7 Å². The van der Waals surface area contributed by atoms with Gasteiger partial charge in [-0.2, -0.15) is 0 Å². The van der Waals surface area contributed by atoms with Crippen LogP contribution in [0.3, 0.4) is 0 Å². The van der Waals surface area contributed by atoms with Crippen LogP contribution >= 0.6 is 0 Å². The van der Waals surface area contributed by atoms with Gasteiger partial charge in [-0.15, -0.1) is 0 Å². The van der Waals surface area contributed by atoms with Gasteiger partial charge in [0, 0.05) is 12.8 Å². The molecule has 40 heavy (non-hydrogen) atoms. The smallest absolute Gasteiger partial charge is 0.303 e. The highest BCUT2D eigenvalue weighted by Gasteiger charge is 2.12. The van der Waals surface area contributed by atoms with Crippen molar-refractivity contribution in [3.8, 4) is 0 Å². The van der Waals surface area contributed by atoms with Crippen LogP contribution in [0.1, 0.15) is 135 Å². The Labute approximate surface area is 245 Å². The molecule has 0 heterocycles. The van der Waals surface area contributed by atoms with Crippen molar-refractivity contribution in [2.45, 2.75) is 135 Å². The first-order chi connectivity index (χ1) is 19.6. The molecule has 0 amide bonds. The summed E-state index contributed by atoms with van der Waals surface area (Å²) in [5.74, 6) is -1.12. The zero-order valence-corrected chi connectivity index (χ0v) is 25.4. The van der Waals surface area contributed by atoms with Gasteiger partial charge in [0.2, 0.25) is 0 Å². The van der Waals surface area contributed by atoms with Gasteiger partial charge in [-0.25, -0.2) is 0 Å². The van der Waals surface area contributed by atoms with Gasteiger partial charge in [0.25, 0.3) is 0 Å². The van der Waals surface area contributed by atoms with Gasteiger partial charge in [-0.3, -0.25) is 9.59 Å². The second-order valence-electron chi connectivity index (χ2n) is 10.6. The normalized spacial score (nSPS) is 13.3. The van der Waals surface area contributed by atoms with Crippen molar-refractivity contribution in [3.05, 3.63) is 72.9 Å². The highest BCUT2D eigenvalue weighted by atomic mass is 16.4. The predicted octanol–water partition coefficient (Wildman–Crippen LogP) is 10.9. The van der Waals surface area contributed by atoms with Gasteiger partial charge >= 0.3 is 11.9 Å². The number of hydrogen-bond acceptors (Lipinski definition) is 2. The third-order valence-electron chi connectivity index (χ3n) is 6.76. The predicted molar refractivity (Wildman–Crippen MR) is 172 cm³/mol. The average Bonchev–Trinajstić information content (AvgIpc) is 2.92. The molecule has 0 rings (SSSR count). The van der Waals surface area contributed by atoms with Gasteiger partial charge in [-0.05, 0) is 95.8 Å². The van der Waals surface area contributed by atoms with Gasteiger partial charge in [0.15, 0.2) is 0 Å². The Kier molecular flexibility index (Phi) is 28.9. The lowest BCUT2D eigenvalue weighted by atomic mass is 9.92. The van der Waals surface area contributed by atoms with E-state index in [1.54, 1.807) is 0 Å². The van der Waals surface area contributed by atoms with Crippen LogP contribution in [0, 0.1) is 5.92 Å². The molecule has 0 saturated carbocycles. The molecule has 1 unspecified atom stereocenters. The van der Waals surface area contributed by atoms with Crippen molar-refractivity contribution in [3.63, 3.8) is 0 Å². The first-order valence-electron chi connectivity index (χ1n) is 15.9. The van der Waals surface area contributed by atoms with Crippen molar-refractivity contribution in [1.82, 2.24) is 0 Å². The Morgan fingerprint density at radius 2 is 0.950 bits per heavy atom. The molecule has 0 aliphatic heterocycles. The summed E-state index contributed by atoms with van der Waals surface area (Å²) in [5, 5.41) is 17.9. The summed E-state index contributed by atoms with van der Waals surface area (Å²) in [6.07, 6.45) is 46.0. The van der Waals surface area contributed by atoms with Crippen LogP contribution in [0.5, 0.6) is 0 Å². The third kappa shape index (κ3) is 31.6. The van der Waals surface area contributed by atoms with E-state index in [1.165, 1.54) is 25.7 Å². The summed E-state index contributed by atoms with van der Waals surface area (Å²) in [5.41, 5.74) is 0. The zero-order valence-electron chi connectivity index (χ0n) is 25.4. The summed E-state index contributed by atoms with van der Waals surface area (Å²) in [7, 11) is 0. The summed E-state index contributed by atoms with van der Waals surface area (Å²) < 4.78 is 0. The quantitative estimate of drug-likeness (QED) is 0.0745. The van der Waals surface area contributed by atoms with E-state index in [-0.39, 0.29) is 18.8 Å². The monoisotopic (exact) mass is 554 g/mol. The molecule has 2 N–H and O–H groups in total. The number of allylic oxidation sites excluding steroid dienone is 12. The van der Waals surface area contributed by atoms with Gasteiger partial charge in [0.1, 0.15) is 0 Å². The summed E-state index contributed by atoms with van der Waals surface area (Å²) in [6.45, 7) is 2.23. The Bertz CT molecular complexity index is 770. The lowest BCUT2D eigenvalue weighted by molar-refractivity contribution is -0.138. The van der Waals surface area contributed by atoms with E-state index in [0.717, 1.165) is 89.9 Å². The number of carbonyl (C=O) groups is 2. The van der Waals surface area contributed by atoms with Crippen LogP contribution in [0.25, 0.3) is 0 Å². The molecule has 0 saturated heterocycles. The largest absolute Gasteiger partial charge is 0.481 e. The molecule has 0 bridgehead atoms. The molecule has 1 atom stereocenters. The molecule has 0 aromatic carbocycles. The minimum atomic E-state index is -0.713. The van der Waals surface area contributed by atoms with Crippen molar-refractivity contribution in [2.24, 2.45) is 5.92 Å². The standard InChI is InChI=1S/C36H58O4/c1-2-3-4-5-6-7-8-12-15-18-21-24-27-30-34(33-36(39)40)31-28-25-22-19-16-13-10-9-11-14-17-20-23-26-29-32-35(37)38/h6-7,9,11-13,15-17,20-21,24,34H,2-5,8,10,14,18-19,22-23,25-33H2,1H3,(H,37,38)(H,39,40). The van der Waals surface area contributed by atoms with Gasteiger partial charge < -0.3 is 10.2 Å². The fourth-order valence-electron chi connectivity index (χ4n) is 4.41. The molecular formula is C36H58O4. The van der Waals surface area contributed by atoms with Crippen LogP contribution < -0.4 is 0 Å². The van der Waals surface area contributed by atoms with Gasteiger partial charge in [-0.1, -0.05) is 106 Å². The molecule has 0 aliphatic rings. The Morgan fingerprint density at radius 3 is 1.43 bits per heavy atom. The van der Waals surface area contributed by atoms with E-state index in [4.69, 9.17) is 5.11 Å². The SMILES string of the molecule is CCCCCC=CCC=CCC=CCCC(CCCCCC=CCC=CCC=CCCCCC(=O)O)CC(=O)O. The molecule has 4 heteroatoms. The summed E-state index contributed by atoms with van der Waals surface area (Å²) in [4.78, 5) is 21.7. The molecule has 0 spiro atoms. The van der Waals surface area contributed by atoms with Crippen LogP contribution in [-0.4, -0.2) is 22.2 Å². The number of unbranched alkanes of at least 4 members (excludes halogenated alkanes) is 8. The molecule has 0 fully saturated rings. The third-order valence-corrected chi connectivity index (χ3v) is 6.76. The first kappa shape index (κ1) is 37.4. The lowest BCUT2D eigenvalue weighted by Crippen LogP contribution is -2.07. The number of carboxylic acids is 2.